The van der Waals surface area contributed by atoms with Gasteiger partial charge in [0.25, 0.3) is 0 Å². The third kappa shape index (κ3) is 3.03. The van der Waals surface area contributed by atoms with Gasteiger partial charge in [-0.1, -0.05) is 19.9 Å². The molecule has 2 saturated heterocycles. The molecular weight excluding hydrogens is 282 g/mol. The molecule has 0 radical (unpaired) electrons. The van der Waals surface area contributed by atoms with Crippen LogP contribution in [0.4, 0.5) is 5.69 Å². The monoisotopic (exact) mass is 311 g/mol. The number of piperidine rings is 1. The minimum absolute atomic E-state index is 0.421. The maximum absolute atomic E-state index is 6.27. The highest BCUT2D eigenvalue weighted by Gasteiger charge is 2.35. The maximum atomic E-state index is 6.27. The van der Waals surface area contributed by atoms with Crippen molar-refractivity contribution in [1.82, 2.24) is 10.3 Å². The Morgan fingerprint density at radius 3 is 2.57 bits per heavy atom. The molecule has 3 heterocycles. The van der Waals surface area contributed by atoms with Crippen LogP contribution in [0.25, 0.3) is 5.57 Å². The van der Waals surface area contributed by atoms with E-state index in [4.69, 9.17) is 10.7 Å². The molecule has 3 heteroatoms. The molecule has 3 N–H and O–H groups in total. The second-order valence-electron chi connectivity index (χ2n) is 8.58. The van der Waals surface area contributed by atoms with Crippen molar-refractivity contribution in [2.75, 3.05) is 5.73 Å². The molecule has 2 unspecified atom stereocenters. The molecule has 2 bridgehead atoms. The first-order chi connectivity index (χ1) is 11.0. The molecule has 0 spiro atoms. The SMILES string of the molecule is CC1(C)CC=C(c2nc(C3CC4CCC(C3)N4)ccc2N)CC1. The van der Waals surface area contributed by atoms with Gasteiger partial charge in [0, 0.05) is 23.7 Å². The number of nitrogen functional groups attached to an aromatic ring is 1. The summed E-state index contributed by atoms with van der Waals surface area (Å²) >= 11 is 0. The molecule has 1 aromatic heterocycles. The topological polar surface area (TPSA) is 50.9 Å². The third-order valence-electron chi connectivity index (χ3n) is 6.12. The van der Waals surface area contributed by atoms with E-state index in [0.29, 0.717) is 23.4 Å². The lowest BCUT2D eigenvalue weighted by atomic mass is 9.77. The summed E-state index contributed by atoms with van der Waals surface area (Å²) in [6.45, 7) is 4.69. The van der Waals surface area contributed by atoms with Crippen LogP contribution < -0.4 is 11.1 Å². The fourth-order valence-corrected chi connectivity index (χ4v) is 4.56. The van der Waals surface area contributed by atoms with Gasteiger partial charge in [0.05, 0.1) is 11.4 Å². The summed E-state index contributed by atoms with van der Waals surface area (Å²) in [6.07, 6.45) is 11.0. The fourth-order valence-electron chi connectivity index (χ4n) is 4.56. The van der Waals surface area contributed by atoms with Crippen molar-refractivity contribution < 1.29 is 0 Å². The van der Waals surface area contributed by atoms with E-state index < -0.39 is 0 Å². The number of hydrogen-bond donors (Lipinski definition) is 2. The van der Waals surface area contributed by atoms with Gasteiger partial charge in [0.1, 0.15) is 0 Å². The van der Waals surface area contributed by atoms with Gasteiger partial charge in [-0.3, -0.25) is 4.98 Å². The van der Waals surface area contributed by atoms with Crippen LogP contribution in [-0.2, 0) is 0 Å². The van der Waals surface area contributed by atoms with Crippen LogP contribution in [0.1, 0.15) is 76.1 Å². The number of nitrogens with one attached hydrogen (secondary N) is 1. The summed E-state index contributed by atoms with van der Waals surface area (Å²) in [5.74, 6) is 0.605. The van der Waals surface area contributed by atoms with Crippen molar-refractivity contribution in [2.45, 2.75) is 76.8 Å². The number of nitrogens with zero attached hydrogens (tertiary/aromatic N) is 1. The van der Waals surface area contributed by atoms with E-state index in [0.717, 1.165) is 24.2 Å². The lowest BCUT2D eigenvalue weighted by Gasteiger charge is -2.30. The van der Waals surface area contributed by atoms with Crippen molar-refractivity contribution in [3.05, 3.63) is 29.6 Å². The van der Waals surface area contributed by atoms with Crippen molar-refractivity contribution in [1.29, 1.82) is 0 Å². The van der Waals surface area contributed by atoms with Gasteiger partial charge in [-0.25, -0.2) is 0 Å². The summed E-state index contributed by atoms with van der Waals surface area (Å²) in [4.78, 5) is 5.04. The molecule has 1 aromatic rings. The third-order valence-corrected chi connectivity index (χ3v) is 6.12. The smallest absolute Gasteiger partial charge is 0.0891 e. The van der Waals surface area contributed by atoms with Crippen LogP contribution in [0.3, 0.4) is 0 Å². The van der Waals surface area contributed by atoms with Gasteiger partial charge in [-0.15, -0.1) is 0 Å². The molecule has 23 heavy (non-hydrogen) atoms. The van der Waals surface area contributed by atoms with Crippen LogP contribution in [-0.4, -0.2) is 17.1 Å². The molecule has 0 aromatic carbocycles. The normalized spacial score (nSPS) is 32.6. The molecule has 1 aliphatic carbocycles. The number of pyridine rings is 1. The summed E-state index contributed by atoms with van der Waals surface area (Å²) < 4.78 is 0. The largest absolute Gasteiger partial charge is 0.397 e. The van der Waals surface area contributed by atoms with Crippen LogP contribution in [0.2, 0.25) is 0 Å². The van der Waals surface area contributed by atoms with Gasteiger partial charge in [-0.2, -0.15) is 0 Å². The van der Waals surface area contributed by atoms with Crippen molar-refractivity contribution in [2.24, 2.45) is 5.41 Å². The first-order valence-electron chi connectivity index (χ1n) is 9.22. The Morgan fingerprint density at radius 2 is 1.91 bits per heavy atom. The zero-order valence-corrected chi connectivity index (χ0v) is 14.4. The quantitative estimate of drug-likeness (QED) is 0.858. The molecule has 3 nitrogen and oxygen atoms in total. The number of allylic oxidation sites excluding steroid dienone is 2. The van der Waals surface area contributed by atoms with Crippen LogP contribution in [0, 0.1) is 5.41 Å². The van der Waals surface area contributed by atoms with E-state index in [-0.39, 0.29) is 0 Å². The fraction of sp³-hybridized carbons (Fsp3) is 0.650. The number of aromatic nitrogens is 1. The minimum atomic E-state index is 0.421. The van der Waals surface area contributed by atoms with E-state index in [1.165, 1.54) is 43.4 Å². The number of rotatable bonds is 2. The van der Waals surface area contributed by atoms with E-state index in [1.807, 2.05) is 0 Å². The average molecular weight is 311 g/mol. The predicted octanol–water partition coefficient (Wildman–Crippen LogP) is 4.26. The number of anilines is 1. The van der Waals surface area contributed by atoms with Gasteiger partial charge in [0.15, 0.2) is 0 Å². The van der Waals surface area contributed by atoms with Crippen molar-refractivity contribution in [3.8, 4) is 0 Å². The molecule has 124 valence electrons. The Morgan fingerprint density at radius 1 is 1.17 bits per heavy atom. The second-order valence-corrected chi connectivity index (χ2v) is 8.58. The average Bonchev–Trinajstić information content (AvgIpc) is 2.86. The Hall–Kier alpha value is -1.35. The minimum Gasteiger partial charge on any atom is -0.397 e. The molecule has 0 saturated carbocycles. The molecule has 0 amide bonds. The van der Waals surface area contributed by atoms with Gasteiger partial charge < -0.3 is 11.1 Å². The summed E-state index contributed by atoms with van der Waals surface area (Å²) in [7, 11) is 0. The number of fused-ring (bicyclic) bond motifs is 2. The summed E-state index contributed by atoms with van der Waals surface area (Å²) in [5, 5.41) is 3.72. The Kier molecular flexibility index (Phi) is 3.72. The lowest BCUT2D eigenvalue weighted by Crippen LogP contribution is -2.37. The number of nitrogens with two attached hydrogens (primary N) is 1. The number of hydrogen-bond acceptors (Lipinski definition) is 3. The van der Waals surface area contributed by atoms with Crippen LogP contribution >= 0.6 is 0 Å². The highest BCUT2D eigenvalue weighted by Crippen LogP contribution is 2.40. The Labute approximate surface area is 139 Å². The van der Waals surface area contributed by atoms with Crippen molar-refractivity contribution >= 4 is 11.3 Å². The zero-order valence-electron chi connectivity index (χ0n) is 14.4. The molecule has 3 aliphatic rings. The highest BCUT2D eigenvalue weighted by molar-refractivity contribution is 5.72. The summed E-state index contributed by atoms with van der Waals surface area (Å²) in [5.41, 5.74) is 11.2. The lowest BCUT2D eigenvalue weighted by molar-refractivity contribution is 0.334. The Balaban J connectivity index is 1.60. The zero-order chi connectivity index (χ0) is 16.0. The molecule has 2 atom stereocenters. The molecule has 4 rings (SSSR count). The first kappa shape index (κ1) is 15.2. The second kappa shape index (κ2) is 5.62. The van der Waals surface area contributed by atoms with Crippen LogP contribution in [0.5, 0.6) is 0 Å². The Bertz CT molecular complexity index is 620. The van der Waals surface area contributed by atoms with Gasteiger partial charge in [-0.05, 0) is 68.1 Å². The predicted molar refractivity (Wildman–Crippen MR) is 96.2 cm³/mol. The van der Waals surface area contributed by atoms with E-state index in [1.54, 1.807) is 0 Å². The maximum Gasteiger partial charge on any atom is 0.0891 e. The molecule has 2 fully saturated rings. The van der Waals surface area contributed by atoms with Crippen LogP contribution in [0.15, 0.2) is 18.2 Å². The first-order valence-corrected chi connectivity index (χ1v) is 9.22. The molecule has 2 aliphatic heterocycles. The van der Waals surface area contributed by atoms with Gasteiger partial charge >= 0.3 is 0 Å². The summed E-state index contributed by atoms with van der Waals surface area (Å²) in [6, 6.07) is 5.66. The van der Waals surface area contributed by atoms with Crippen molar-refractivity contribution in [3.63, 3.8) is 0 Å². The molecular formula is C20H29N3. The van der Waals surface area contributed by atoms with E-state index in [9.17, 15) is 0 Å². The highest BCUT2D eigenvalue weighted by atomic mass is 15.0. The standard InChI is InChI=1S/C20H29N3/c1-20(2)9-7-13(8-10-20)19-17(21)5-6-18(23-19)14-11-15-3-4-16(12-14)22-15/h5-7,14-16,22H,3-4,8-12,21H2,1-2H3. The van der Waals surface area contributed by atoms with Gasteiger partial charge in [0.2, 0.25) is 0 Å². The van der Waals surface area contributed by atoms with E-state index in [2.05, 4.69) is 37.4 Å². The van der Waals surface area contributed by atoms with E-state index >= 15 is 0 Å².